The fourth-order valence-corrected chi connectivity index (χ4v) is 1.21. The molecule has 1 rings (SSSR count). The third kappa shape index (κ3) is 1.99. The molecule has 0 aliphatic rings. The molecule has 0 aliphatic carbocycles. The highest BCUT2D eigenvalue weighted by Crippen LogP contribution is 2.13. The summed E-state index contributed by atoms with van der Waals surface area (Å²) in [4.78, 5) is 4.04. The molecule has 4 heteroatoms. The quantitative estimate of drug-likeness (QED) is 0.770. The van der Waals surface area contributed by atoms with E-state index in [1.165, 1.54) is 0 Å². The molecule has 0 aliphatic heterocycles. The number of halogens is 1. The van der Waals surface area contributed by atoms with Crippen molar-refractivity contribution in [2.45, 2.75) is 13.2 Å². The van der Waals surface area contributed by atoms with E-state index in [0.717, 1.165) is 15.7 Å². The van der Waals surface area contributed by atoms with Gasteiger partial charge in [-0.15, -0.1) is 0 Å². The SMILES string of the molecule is NCc1ncc(Br)cc1CO. The molecule has 0 amide bonds. The number of aliphatic hydroxyl groups is 1. The van der Waals surface area contributed by atoms with Crippen molar-refractivity contribution >= 4 is 15.9 Å². The average molecular weight is 217 g/mol. The van der Waals surface area contributed by atoms with E-state index < -0.39 is 0 Å². The molecule has 1 heterocycles. The second-order valence-corrected chi connectivity index (χ2v) is 3.04. The molecule has 3 N–H and O–H groups in total. The van der Waals surface area contributed by atoms with Crippen LogP contribution >= 0.6 is 15.9 Å². The van der Waals surface area contributed by atoms with E-state index in [1.54, 1.807) is 6.20 Å². The Morgan fingerprint density at radius 3 is 2.91 bits per heavy atom. The van der Waals surface area contributed by atoms with E-state index in [1.807, 2.05) is 6.07 Å². The van der Waals surface area contributed by atoms with Crippen molar-refractivity contribution in [1.29, 1.82) is 0 Å². The molecule has 11 heavy (non-hydrogen) atoms. The molecule has 0 saturated heterocycles. The van der Waals surface area contributed by atoms with Gasteiger partial charge in [-0.05, 0) is 22.0 Å². The number of nitrogens with zero attached hydrogens (tertiary/aromatic N) is 1. The van der Waals surface area contributed by atoms with E-state index >= 15 is 0 Å². The van der Waals surface area contributed by atoms with Gasteiger partial charge in [-0.3, -0.25) is 4.98 Å². The van der Waals surface area contributed by atoms with Gasteiger partial charge in [0.1, 0.15) is 0 Å². The smallest absolute Gasteiger partial charge is 0.0700 e. The maximum atomic E-state index is 8.86. The number of hydrogen-bond donors (Lipinski definition) is 2. The first-order valence-electron chi connectivity index (χ1n) is 3.22. The minimum Gasteiger partial charge on any atom is -0.392 e. The van der Waals surface area contributed by atoms with Crippen LogP contribution in [0.15, 0.2) is 16.7 Å². The highest BCUT2D eigenvalue weighted by molar-refractivity contribution is 9.10. The predicted octanol–water partition coefficient (Wildman–Crippen LogP) is 0.795. The van der Waals surface area contributed by atoms with Crippen LogP contribution in [0, 0.1) is 0 Å². The van der Waals surface area contributed by atoms with Crippen molar-refractivity contribution in [2.24, 2.45) is 5.73 Å². The molecule has 0 fully saturated rings. The lowest BCUT2D eigenvalue weighted by Crippen LogP contribution is -2.04. The summed E-state index contributed by atoms with van der Waals surface area (Å²) in [6.45, 7) is 0.349. The highest BCUT2D eigenvalue weighted by atomic mass is 79.9. The van der Waals surface area contributed by atoms with Crippen molar-refractivity contribution in [3.05, 3.63) is 28.0 Å². The number of rotatable bonds is 2. The second kappa shape index (κ2) is 3.80. The molecular formula is C7H9BrN2O. The van der Waals surface area contributed by atoms with Crippen LogP contribution in [0.2, 0.25) is 0 Å². The van der Waals surface area contributed by atoms with E-state index in [0.29, 0.717) is 6.54 Å². The Morgan fingerprint density at radius 1 is 1.64 bits per heavy atom. The number of nitrogens with two attached hydrogens (primary N) is 1. The Kier molecular flexibility index (Phi) is 2.99. The van der Waals surface area contributed by atoms with Gasteiger partial charge in [0.25, 0.3) is 0 Å². The van der Waals surface area contributed by atoms with Crippen molar-refractivity contribution in [3.8, 4) is 0 Å². The third-order valence-electron chi connectivity index (χ3n) is 1.39. The first-order valence-corrected chi connectivity index (χ1v) is 4.01. The number of aromatic nitrogens is 1. The van der Waals surface area contributed by atoms with Crippen molar-refractivity contribution < 1.29 is 5.11 Å². The summed E-state index contributed by atoms with van der Waals surface area (Å²) in [7, 11) is 0. The molecule has 0 saturated carbocycles. The zero-order valence-electron chi connectivity index (χ0n) is 5.92. The Labute approximate surface area is 73.4 Å². The number of pyridine rings is 1. The van der Waals surface area contributed by atoms with Gasteiger partial charge in [0, 0.05) is 22.8 Å². The first kappa shape index (κ1) is 8.64. The molecule has 1 aromatic heterocycles. The van der Waals surface area contributed by atoms with Gasteiger partial charge in [-0.2, -0.15) is 0 Å². The summed E-state index contributed by atoms with van der Waals surface area (Å²) >= 11 is 3.25. The standard InChI is InChI=1S/C7H9BrN2O/c8-6-1-5(4-11)7(2-9)10-3-6/h1,3,11H,2,4,9H2. The van der Waals surface area contributed by atoms with Gasteiger partial charge in [-0.1, -0.05) is 0 Å². The lowest BCUT2D eigenvalue weighted by Gasteiger charge is -2.02. The summed E-state index contributed by atoms with van der Waals surface area (Å²) < 4.78 is 0.860. The molecule has 1 aromatic rings. The van der Waals surface area contributed by atoms with Crippen LogP contribution in [0.25, 0.3) is 0 Å². The van der Waals surface area contributed by atoms with Crippen LogP contribution in [0.4, 0.5) is 0 Å². The Morgan fingerprint density at radius 2 is 2.36 bits per heavy atom. The van der Waals surface area contributed by atoms with Crippen molar-refractivity contribution in [1.82, 2.24) is 4.98 Å². The molecule has 0 unspecified atom stereocenters. The maximum absolute atomic E-state index is 8.86. The zero-order chi connectivity index (χ0) is 8.27. The fourth-order valence-electron chi connectivity index (χ4n) is 0.830. The lowest BCUT2D eigenvalue weighted by atomic mass is 10.2. The molecule has 60 valence electrons. The Balaban J connectivity index is 3.06. The van der Waals surface area contributed by atoms with Crippen LogP contribution in [0.3, 0.4) is 0 Å². The summed E-state index contributed by atoms with van der Waals surface area (Å²) in [5, 5.41) is 8.86. The Bertz CT molecular complexity index is 252. The van der Waals surface area contributed by atoms with E-state index in [9.17, 15) is 0 Å². The summed E-state index contributed by atoms with van der Waals surface area (Å²) in [6.07, 6.45) is 1.67. The zero-order valence-corrected chi connectivity index (χ0v) is 7.50. The van der Waals surface area contributed by atoms with Crippen molar-refractivity contribution in [3.63, 3.8) is 0 Å². The topological polar surface area (TPSA) is 59.1 Å². The van der Waals surface area contributed by atoms with E-state index in [2.05, 4.69) is 20.9 Å². The van der Waals surface area contributed by atoms with Gasteiger partial charge >= 0.3 is 0 Å². The molecule has 0 atom stereocenters. The number of hydrogen-bond acceptors (Lipinski definition) is 3. The van der Waals surface area contributed by atoms with E-state index in [-0.39, 0.29) is 6.61 Å². The fraction of sp³-hybridized carbons (Fsp3) is 0.286. The number of aliphatic hydroxyl groups excluding tert-OH is 1. The van der Waals surface area contributed by atoms with Gasteiger partial charge in [0.2, 0.25) is 0 Å². The van der Waals surface area contributed by atoms with Crippen LogP contribution in [0.1, 0.15) is 11.3 Å². The van der Waals surface area contributed by atoms with Gasteiger partial charge in [0.05, 0.1) is 12.3 Å². The van der Waals surface area contributed by atoms with Crippen LogP contribution < -0.4 is 5.73 Å². The molecular weight excluding hydrogens is 208 g/mol. The molecule has 3 nitrogen and oxygen atoms in total. The van der Waals surface area contributed by atoms with Gasteiger partial charge < -0.3 is 10.8 Å². The lowest BCUT2D eigenvalue weighted by molar-refractivity contribution is 0.280. The predicted molar refractivity (Wildman–Crippen MR) is 45.8 cm³/mol. The molecule has 0 bridgehead atoms. The van der Waals surface area contributed by atoms with Crippen LogP contribution in [-0.4, -0.2) is 10.1 Å². The summed E-state index contributed by atoms with van der Waals surface area (Å²) in [6, 6.07) is 1.81. The van der Waals surface area contributed by atoms with Crippen molar-refractivity contribution in [2.75, 3.05) is 0 Å². The molecule has 0 spiro atoms. The minimum absolute atomic E-state index is 0.0149. The van der Waals surface area contributed by atoms with Gasteiger partial charge in [-0.25, -0.2) is 0 Å². The first-order chi connectivity index (χ1) is 5.27. The second-order valence-electron chi connectivity index (χ2n) is 2.12. The third-order valence-corrected chi connectivity index (χ3v) is 1.82. The normalized spacial score (nSPS) is 10.1. The van der Waals surface area contributed by atoms with E-state index in [4.69, 9.17) is 10.8 Å². The maximum Gasteiger partial charge on any atom is 0.0700 e. The highest BCUT2D eigenvalue weighted by Gasteiger charge is 2.00. The van der Waals surface area contributed by atoms with Crippen LogP contribution in [-0.2, 0) is 13.2 Å². The molecule has 0 radical (unpaired) electrons. The summed E-state index contributed by atoms with van der Waals surface area (Å²) in [5.74, 6) is 0. The Hall–Kier alpha value is -0.450. The average Bonchev–Trinajstić information content (AvgIpc) is 2.04. The molecule has 0 aromatic carbocycles. The van der Waals surface area contributed by atoms with Crippen LogP contribution in [0.5, 0.6) is 0 Å². The minimum atomic E-state index is -0.0149. The summed E-state index contributed by atoms with van der Waals surface area (Å²) in [5.41, 5.74) is 6.91. The van der Waals surface area contributed by atoms with Gasteiger partial charge in [0.15, 0.2) is 0 Å². The largest absolute Gasteiger partial charge is 0.392 e. The monoisotopic (exact) mass is 216 g/mol.